The van der Waals surface area contributed by atoms with Crippen molar-refractivity contribution in [2.75, 3.05) is 14.1 Å². The van der Waals surface area contributed by atoms with Crippen LogP contribution in [0, 0.1) is 0 Å². The van der Waals surface area contributed by atoms with E-state index in [0.717, 1.165) is 51.5 Å². The molecule has 5 nitrogen and oxygen atoms in total. The number of hydrogen-bond acceptors (Lipinski definition) is 6. The number of thiophene rings is 1. The van der Waals surface area contributed by atoms with Crippen LogP contribution in [-0.2, 0) is 0 Å². The average molecular weight is 386 g/mol. The van der Waals surface area contributed by atoms with Crippen molar-refractivity contribution in [1.82, 2.24) is 14.9 Å². The van der Waals surface area contributed by atoms with Crippen molar-refractivity contribution >= 4 is 31.6 Å². The quantitative estimate of drug-likeness (QED) is 0.699. The highest BCUT2D eigenvalue weighted by atomic mass is 32.1. The molecular weight excluding hydrogens is 358 g/mol. The van der Waals surface area contributed by atoms with Crippen molar-refractivity contribution in [3.8, 4) is 5.88 Å². The molecular formula is C21H27N3O2S. The molecule has 1 aliphatic rings. The van der Waals surface area contributed by atoms with Crippen LogP contribution in [0.15, 0.2) is 24.5 Å². The molecule has 6 heteroatoms. The fourth-order valence-corrected chi connectivity index (χ4v) is 4.98. The number of nitrogens with zero attached hydrogens (tertiary/aromatic N) is 3. The topological polar surface area (TPSA) is 58.5 Å². The lowest BCUT2D eigenvalue weighted by molar-refractivity contribution is 0.108. The van der Waals surface area contributed by atoms with Crippen molar-refractivity contribution in [2.45, 2.75) is 57.3 Å². The number of hydrogen-bond donors (Lipinski definition) is 1. The highest BCUT2D eigenvalue weighted by Gasteiger charge is 2.25. The highest BCUT2D eigenvalue weighted by Crippen LogP contribution is 2.39. The van der Waals surface area contributed by atoms with Crippen LogP contribution < -0.4 is 4.74 Å². The van der Waals surface area contributed by atoms with E-state index < -0.39 is 6.10 Å². The van der Waals surface area contributed by atoms with E-state index in [0.29, 0.717) is 18.3 Å². The van der Waals surface area contributed by atoms with Crippen LogP contribution in [0.1, 0.15) is 50.7 Å². The van der Waals surface area contributed by atoms with Gasteiger partial charge < -0.3 is 14.7 Å². The van der Waals surface area contributed by atoms with Gasteiger partial charge in [0.1, 0.15) is 17.3 Å². The molecule has 1 aromatic carbocycles. The Morgan fingerprint density at radius 1 is 1.22 bits per heavy atom. The molecule has 1 N–H and O–H groups in total. The summed E-state index contributed by atoms with van der Waals surface area (Å²) in [6, 6.07) is 6.79. The molecule has 144 valence electrons. The maximum absolute atomic E-state index is 10.2. The van der Waals surface area contributed by atoms with Crippen LogP contribution in [0.3, 0.4) is 0 Å². The second kappa shape index (κ2) is 7.70. The van der Waals surface area contributed by atoms with Gasteiger partial charge in [-0.05, 0) is 63.9 Å². The highest BCUT2D eigenvalue weighted by molar-refractivity contribution is 7.25. The summed E-state index contributed by atoms with van der Waals surface area (Å²) in [4.78, 5) is 12.2. The van der Waals surface area contributed by atoms with Gasteiger partial charge in [-0.2, -0.15) is 0 Å². The van der Waals surface area contributed by atoms with Gasteiger partial charge in [-0.15, -0.1) is 11.3 Å². The third-order valence-electron chi connectivity index (χ3n) is 5.68. The van der Waals surface area contributed by atoms with Crippen LogP contribution in [0.4, 0.5) is 0 Å². The van der Waals surface area contributed by atoms with Gasteiger partial charge in [-0.3, -0.25) is 0 Å². The standard InChI is InChI=1S/C21H27N3O2S/c1-4-17(25)13-5-10-18-16(11-13)19-20(22-12-23-21(19)27-18)26-15-8-6-14(7-9-15)24(2)3/h5,10-12,14-15,17,25H,4,6-9H2,1-3H3/t14-,15-,17-/m0/s1. The monoisotopic (exact) mass is 385 g/mol. The summed E-state index contributed by atoms with van der Waals surface area (Å²) in [5, 5.41) is 12.3. The summed E-state index contributed by atoms with van der Waals surface area (Å²) < 4.78 is 7.52. The lowest BCUT2D eigenvalue weighted by atomic mass is 9.92. The molecule has 0 unspecified atom stereocenters. The molecule has 0 spiro atoms. The SMILES string of the molecule is CC[C@H](O)c1ccc2sc3ncnc(O[C@H]4CC[C@H](N(C)C)CC4)c3c2c1. The van der Waals surface area contributed by atoms with E-state index >= 15 is 0 Å². The summed E-state index contributed by atoms with van der Waals surface area (Å²) in [6.07, 6.45) is 6.47. The first kappa shape index (κ1) is 18.6. The van der Waals surface area contributed by atoms with Gasteiger partial charge in [-0.1, -0.05) is 13.0 Å². The fraction of sp³-hybridized carbons (Fsp3) is 0.524. The van der Waals surface area contributed by atoms with E-state index in [9.17, 15) is 5.11 Å². The summed E-state index contributed by atoms with van der Waals surface area (Å²) in [5.74, 6) is 0.683. The predicted molar refractivity (Wildman–Crippen MR) is 111 cm³/mol. The molecule has 2 heterocycles. The molecule has 2 aromatic heterocycles. The molecule has 1 aliphatic carbocycles. The fourth-order valence-electron chi connectivity index (χ4n) is 3.97. The van der Waals surface area contributed by atoms with Gasteiger partial charge in [0.05, 0.1) is 11.5 Å². The van der Waals surface area contributed by atoms with Crippen molar-refractivity contribution in [1.29, 1.82) is 0 Å². The summed E-state index contributed by atoms with van der Waals surface area (Å²) in [6.45, 7) is 1.99. The molecule has 0 amide bonds. The van der Waals surface area contributed by atoms with Crippen LogP contribution >= 0.6 is 11.3 Å². The van der Waals surface area contributed by atoms with Crippen molar-refractivity contribution < 1.29 is 9.84 Å². The number of aliphatic hydroxyl groups is 1. The third-order valence-corrected chi connectivity index (χ3v) is 6.76. The Kier molecular flexibility index (Phi) is 5.30. The second-order valence-electron chi connectivity index (χ2n) is 7.65. The first-order chi connectivity index (χ1) is 13.1. The number of aromatic nitrogens is 2. The largest absolute Gasteiger partial charge is 0.474 e. The van der Waals surface area contributed by atoms with E-state index in [1.165, 1.54) is 0 Å². The van der Waals surface area contributed by atoms with Crippen LogP contribution in [0.5, 0.6) is 5.88 Å². The summed E-state index contributed by atoms with van der Waals surface area (Å²) in [7, 11) is 4.30. The van der Waals surface area contributed by atoms with Gasteiger partial charge in [0, 0.05) is 16.1 Å². The van der Waals surface area contributed by atoms with E-state index in [4.69, 9.17) is 4.74 Å². The predicted octanol–water partition coefficient (Wildman–Crippen LogP) is 4.54. The number of fused-ring (bicyclic) bond motifs is 3. The van der Waals surface area contributed by atoms with Crippen LogP contribution in [0.25, 0.3) is 20.3 Å². The number of aliphatic hydroxyl groups excluding tert-OH is 1. The Morgan fingerprint density at radius 3 is 2.70 bits per heavy atom. The van der Waals surface area contributed by atoms with Crippen LogP contribution in [0.2, 0.25) is 0 Å². The van der Waals surface area contributed by atoms with Crippen molar-refractivity contribution in [3.63, 3.8) is 0 Å². The zero-order chi connectivity index (χ0) is 19.0. The lowest BCUT2D eigenvalue weighted by Crippen LogP contribution is -2.35. The van der Waals surface area contributed by atoms with E-state index in [1.54, 1.807) is 17.7 Å². The number of benzene rings is 1. The first-order valence-electron chi connectivity index (χ1n) is 9.75. The summed E-state index contributed by atoms with van der Waals surface area (Å²) >= 11 is 1.65. The normalized spacial score (nSPS) is 21.8. The molecule has 0 aliphatic heterocycles. The Bertz CT molecular complexity index is 932. The Hall–Kier alpha value is -1.76. The average Bonchev–Trinajstić information content (AvgIpc) is 3.06. The molecule has 3 aromatic rings. The zero-order valence-electron chi connectivity index (χ0n) is 16.2. The third kappa shape index (κ3) is 3.66. The molecule has 1 atom stereocenters. The Balaban J connectivity index is 1.66. The van der Waals surface area contributed by atoms with Crippen molar-refractivity contribution in [2.24, 2.45) is 0 Å². The zero-order valence-corrected chi connectivity index (χ0v) is 17.0. The first-order valence-corrected chi connectivity index (χ1v) is 10.6. The van der Waals surface area contributed by atoms with E-state index in [2.05, 4.69) is 41.1 Å². The minimum atomic E-state index is -0.445. The van der Waals surface area contributed by atoms with E-state index in [-0.39, 0.29) is 6.10 Å². The smallest absolute Gasteiger partial charge is 0.226 e. The molecule has 1 saturated carbocycles. The van der Waals surface area contributed by atoms with Crippen molar-refractivity contribution in [3.05, 3.63) is 30.1 Å². The van der Waals surface area contributed by atoms with Gasteiger partial charge >= 0.3 is 0 Å². The Morgan fingerprint density at radius 2 is 2.00 bits per heavy atom. The molecule has 0 bridgehead atoms. The van der Waals surface area contributed by atoms with Crippen LogP contribution in [-0.4, -0.2) is 46.2 Å². The molecule has 27 heavy (non-hydrogen) atoms. The molecule has 0 saturated heterocycles. The number of ether oxygens (including phenoxy) is 1. The van der Waals surface area contributed by atoms with Gasteiger partial charge in [0.2, 0.25) is 5.88 Å². The summed E-state index contributed by atoms with van der Waals surface area (Å²) in [5.41, 5.74) is 0.936. The van der Waals surface area contributed by atoms with E-state index in [1.807, 2.05) is 13.0 Å². The molecule has 4 rings (SSSR count). The number of rotatable bonds is 5. The minimum absolute atomic E-state index is 0.207. The molecule has 0 radical (unpaired) electrons. The molecule has 1 fully saturated rings. The Labute approximate surface area is 164 Å². The lowest BCUT2D eigenvalue weighted by Gasteiger charge is -2.32. The van der Waals surface area contributed by atoms with Gasteiger partial charge in [0.25, 0.3) is 0 Å². The van der Waals surface area contributed by atoms with Gasteiger partial charge in [-0.25, -0.2) is 9.97 Å². The second-order valence-corrected chi connectivity index (χ2v) is 8.68. The maximum Gasteiger partial charge on any atom is 0.226 e. The van der Waals surface area contributed by atoms with Gasteiger partial charge in [0.15, 0.2) is 0 Å². The minimum Gasteiger partial charge on any atom is -0.474 e. The maximum atomic E-state index is 10.2.